The van der Waals surface area contributed by atoms with Crippen molar-refractivity contribution >= 4 is 11.0 Å². The number of alkyl halides is 3. The predicted octanol–water partition coefficient (Wildman–Crippen LogP) is 3.56. The van der Waals surface area contributed by atoms with Gasteiger partial charge in [0.2, 0.25) is 0 Å². The van der Waals surface area contributed by atoms with Crippen molar-refractivity contribution in [3.63, 3.8) is 0 Å². The summed E-state index contributed by atoms with van der Waals surface area (Å²) < 4.78 is 46.9. The van der Waals surface area contributed by atoms with Gasteiger partial charge in [-0.1, -0.05) is 0 Å². The van der Waals surface area contributed by atoms with Gasteiger partial charge in [-0.05, 0) is 38.1 Å². The van der Waals surface area contributed by atoms with Crippen molar-refractivity contribution in [1.82, 2.24) is 24.6 Å². The number of likely N-dealkylation sites (tertiary alicyclic amines) is 1. The molecule has 3 aromatic heterocycles. The first-order chi connectivity index (χ1) is 13.9. The van der Waals surface area contributed by atoms with Gasteiger partial charge in [-0.15, -0.1) is 0 Å². The summed E-state index contributed by atoms with van der Waals surface area (Å²) in [4.78, 5) is 9.24. The highest BCUT2D eigenvalue weighted by Crippen LogP contribution is 2.36. The molecule has 0 unspecified atom stereocenters. The number of piperidine rings is 1. The Labute approximate surface area is 165 Å². The Balaban J connectivity index is 1.40. The zero-order chi connectivity index (χ0) is 20.2. The van der Waals surface area contributed by atoms with E-state index in [9.17, 15) is 13.2 Å². The number of pyridine rings is 1. The summed E-state index contributed by atoms with van der Waals surface area (Å²) in [5.41, 5.74) is 1.89. The van der Waals surface area contributed by atoms with Gasteiger partial charge in [-0.25, -0.2) is 4.98 Å². The summed E-state index contributed by atoms with van der Waals surface area (Å²) in [6.45, 7) is 3.72. The quantitative estimate of drug-likeness (QED) is 0.724. The number of ether oxygens (including phenoxy) is 1. The van der Waals surface area contributed by atoms with Gasteiger partial charge in [0.05, 0.1) is 30.5 Å². The Bertz CT molecular complexity index is 1030. The Hall–Kier alpha value is -2.39. The van der Waals surface area contributed by atoms with Gasteiger partial charge in [0.1, 0.15) is 5.65 Å². The largest absolute Gasteiger partial charge is 0.418 e. The van der Waals surface area contributed by atoms with Crippen LogP contribution >= 0.6 is 0 Å². The second kappa shape index (κ2) is 6.84. The minimum atomic E-state index is -4.42. The third kappa shape index (κ3) is 3.32. The monoisotopic (exact) mass is 405 g/mol. The molecule has 9 heteroatoms. The molecule has 0 aliphatic carbocycles. The topological polar surface area (TPSA) is 59.0 Å². The van der Waals surface area contributed by atoms with Crippen LogP contribution in [0.3, 0.4) is 0 Å². The van der Waals surface area contributed by atoms with Crippen LogP contribution in [-0.2, 0) is 18.0 Å². The van der Waals surface area contributed by atoms with Gasteiger partial charge >= 0.3 is 6.18 Å². The van der Waals surface area contributed by atoms with Crippen LogP contribution in [0.25, 0.3) is 22.3 Å². The molecule has 1 N–H and O–H groups in total. The molecule has 0 saturated carbocycles. The molecule has 2 fully saturated rings. The number of fused-ring (bicyclic) bond motifs is 1. The number of aromatic nitrogens is 4. The molecule has 5 heterocycles. The van der Waals surface area contributed by atoms with Crippen LogP contribution in [0.5, 0.6) is 0 Å². The van der Waals surface area contributed by atoms with Gasteiger partial charge in [0.15, 0.2) is 0 Å². The first-order valence-corrected chi connectivity index (χ1v) is 9.80. The van der Waals surface area contributed by atoms with E-state index >= 15 is 0 Å². The van der Waals surface area contributed by atoms with E-state index in [0.717, 1.165) is 51.0 Å². The van der Waals surface area contributed by atoms with Crippen molar-refractivity contribution in [2.45, 2.75) is 31.0 Å². The molecule has 0 amide bonds. The summed E-state index contributed by atoms with van der Waals surface area (Å²) in [5, 5.41) is 4.64. The Kier molecular flexibility index (Phi) is 4.40. The molecular formula is C20H22F3N5O. The van der Waals surface area contributed by atoms with Crippen LogP contribution < -0.4 is 0 Å². The van der Waals surface area contributed by atoms with Crippen LogP contribution in [0.4, 0.5) is 13.2 Å². The Morgan fingerprint density at radius 1 is 1.17 bits per heavy atom. The standard InChI is InChI=1S/C20H22F3N5O/c1-27-18(12-2-4-28(5-3-12)14-10-29-11-14)7-17(26-27)13-6-15-16(20(21,22)23)9-25-19(15)24-8-13/h6-9,12,14H,2-5,10-11H2,1H3,(H,24,25). The normalized spacial score (nSPS) is 19.7. The van der Waals surface area contributed by atoms with E-state index in [1.54, 1.807) is 6.20 Å². The van der Waals surface area contributed by atoms with E-state index < -0.39 is 11.7 Å². The van der Waals surface area contributed by atoms with Crippen LogP contribution in [0.2, 0.25) is 0 Å². The fourth-order valence-electron chi connectivity index (χ4n) is 4.38. The number of aromatic amines is 1. The Morgan fingerprint density at radius 2 is 1.93 bits per heavy atom. The van der Waals surface area contributed by atoms with Crippen molar-refractivity contribution in [3.05, 3.63) is 35.8 Å². The smallest absolute Gasteiger partial charge is 0.378 e. The number of nitrogens with zero attached hydrogens (tertiary/aromatic N) is 4. The maximum atomic E-state index is 13.2. The molecule has 6 nitrogen and oxygen atoms in total. The zero-order valence-corrected chi connectivity index (χ0v) is 16.0. The van der Waals surface area contributed by atoms with E-state index in [1.165, 1.54) is 6.07 Å². The highest BCUT2D eigenvalue weighted by molar-refractivity contribution is 5.84. The third-order valence-electron chi connectivity index (χ3n) is 6.13. The Morgan fingerprint density at radius 3 is 2.59 bits per heavy atom. The molecule has 0 bridgehead atoms. The fraction of sp³-hybridized carbons (Fsp3) is 0.500. The van der Waals surface area contributed by atoms with E-state index in [2.05, 4.69) is 20.0 Å². The first-order valence-electron chi connectivity index (χ1n) is 9.80. The molecule has 2 saturated heterocycles. The van der Waals surface area contributed by atoms with Gasteiger partial charge in [0, 0.05) is 42.0 Å². The number of halogens is 3. The van der Waals surface area contributed by atoms with E-state index in [4.69, 9.17) is 4.74 Å². The second-order valence-electron chi connectivity index (χ2n) is 7.90. The number of nitrogens with one attached hydrogen (secondary N) is 1. The van der Waals surface area contributed by atoms with Crippen molar-refractivity contribution in [2.24, 2.45) is 7.05 Å². The molecule has 0 radical (unpaired) electrons. The van der Waals surface area contributed by atoms with Gasteiger partial charge in [-0.3, -0.25) is 9.58 Å². The molecule has 5 rings (SSSR count). The molecule has 154 valence electrons. The van der Waals surface area contributed by atoms with Gasteiger partial charge in [0.25, 0.3) is 0 Å². The molecular weight excluding hydrogens is 383 g/mol. The van der Waals surface area contributed by atoms with E-state index in [-0.39, 0.29) is 11.0 Å². The van der Waals surface area contributed by atoms with Crippen molar-refractivity contribution in [2.75, 3.05) is 26.3 Å². The number of hydrogen-bond acceptors (Lipinski definition) is 4. The van der Waals surface area contributed by atoms with E-state index in [0.29, 0.717) is 23.2 Å². The van der Waals surface area contributed by atoms with Crippen LogP contribution in [0.15, 0.2) is 24.5 Å². The maximum absolute atomic E-state index is 13.2. The third-order valence-corrected chi connectivity index (χ3v) is 6.13. The molecule has 0 aromatic carbocycles. The number of rotatable bonds is 3. The predicted molar refractivity (Wildman–Crippen MR) is 101 cm³/mol. The average molecular weight is 405 g/mol. The highest BCUT2D eigenvalue weighted by atomic mass is 19.4. The first kappa shape index (κ1) is 18.6. The minimum absolute atomic E-state index is 0.0678. The molecule has 0 atom stereocenters. The lowest BCUT2D eigenvalue weighted by Crippen LogP contribution is -2.51. The summed E-state index contributed by atoms with van der Waals surface area (Å²) in [6, 6.07) is 4.07. The maximum Gasteiger partial charge on any atom is 0.418 e. The second-order valence-corrected chi connectivity index (χ2v) is 7.90. The van der Waals surface area contributed by atoms with Crippen LogP contribution in [-0.4, -0.2) is 57.0 Å². The summed E-state index contributed by atoms with van der Waals surface area (Å²) in [5.74, 6) is 0.396. The molecule has 0 spiro atoms. The number of H-pyrrole nitrogens is 1. The highest BCUT2D eigenvalue weighted by Gasteiger charge is 2.34. The van der Waals surface area contributed by atoms with Crippen LogP contribution in [0.1, 0.15) is 30.0 Å². The van der Waals surface area contributed by atoms with Crippen molar-refractivity contribution in [3.8, 4) is 11.3 Å². The van der Waals surface area contributed by atoms with Crippen molar-refractivity contribution < 1.29 is 17.9 Å². The lowest BCUT2D eigenvalue weighted by atomic mass is 9.92. The summed E-state index contributed by atoms with van der Waals surface area (Å²) in [6.07, 6.45) is 0.204. The average Bonchev–Trinajstić information content (AvgIpc) is 3.24. The fourth-order valence-corrected chi connectivity index (χ4v) is 4.38. The van der Waals surface area contributed by atoms with Gasteiger partial charge in [-0.2, -0.15) is 18.3 Å². The molecule has 2 aliphatic heterocycles. The van der Waals surface area contributed by atoms with Crippen molar-refractivity contribution in [1.29, 1.82) is 0 Å². The van der Waals surface area contributed by atoms with Crippen LogP contribution in [0, 0.1) is 0 Å². The summed E-state index contributed by atoms with van der Waals surface area (Å²) in [7, 11) is 1.90. The number of aryl methyl sites for hydroxylation is 1. The molecule has 2 aliphatic rings. The molecule has 3 aromatic rings. The van der Waals surface area contributed by atoms with E-state index in [1.807, 2.05) is 17.8 Å². The number of hydrogen-bond donors (Lipinski definition) is 1. The molecule has 29 heavy (non-hydrogen) atoms. The minimum Gasteiger partial charge on any atom is -0.378 e. The SMILES string of the molecule is Cn1nc(-c2cnc3[nH]cc(C(F)(F)F)c3c2)cc1C1CCN(C2COC2)CC1. The zero-order valence-electron chi connectivity index (χ0n) is 16.0. The van der Waals surface area contributed by atoms with Gasteiger partial charge < -0.3 is 9.72 Å². The lowest BCUT2D eigenvalue weighted by Gasteiger charge is -2.41. The summed E-state index contributed by atoms with van der Waals surface area (Å²) >= 11 is 0. The lowest BCUT2D eigenvalue weighted by molar-refractivity contribution is -0.136.